The summed E-state index contributed by atoms with van der Waals surface area (Å²) in [5, 5.41) is 22.1. The minimum Gasteiger partial charge on any atom is -0.480 e. The van der Waals surface area contributed by atoms with Crippen molar-refractivity contribution in [3.05, 3.63) is 41.5 Å². The zero-order chi connectivity index (χ0) is 16.1. The van der Waals surface area contributed by atoms with Crippen molar-refractivity contribution >= 4 is 11.9 Å². The van der Waals surface area contributed by atoms with Crippen LogP contribution in [0.5, 0.6) is 0 Å². The van der Waals surface area contributed by atoms with Crippen molar-refractivity contribution in [1.82, 2.24) is 25.5 Å². The summed E-state index contributed by atoms with van der Waals surface area (Å²) < 4.78 is 14.3. The van der Waals surface area contributed by atoms with Crippen molar-refractivity contribution in [2.75, 3.05) is 0 Å². The number of carbonyl (C=O) groups excluding carboxylic acids is 1. The Kier molecular flexibility index (Phi) is 4.77. The SMILES string of the molecule is CC(NC(=O)Cc1nnnn1Cc1ccc(F)cc1)C(=O)O. The topological polar surface area (TPSA) is 110 Å². The highest BCUT2D eigenvalue weighted by Gasteiger charge is 2.17. The van der Waals surface area contributed by atoms with Crippen LogP contribution in [0.2, 0.25) is 0 Å². The molecule has 2 aromatic rings. The van der Waals surface area contributed by atoms with Gasteiger partial charge in [-0.15, -0.1) is 5.10 Å². The highest BCUT2D eigenvalue weighted by molar-refractivity contribution is 5.84. The molecule has 8 nitrogen and oxygen atoms in total. The number of tetrazole rings is 1. The van der Waals surface area contributed by atoms with Gasteiger partial charge in [-0.1, -0.05) is 12.1 Å². The van der Waals surface area contributed by atoms with Crippen molar-refractivity contribution in [2.24, 2.45) is 0 Å². The number of aliphatic carboxylic acids is 1. The second-order valence-corrected chi connectivity index (χ2v) is 4.68. The number of hydrogen-bond acceptors (Lipinski definition) is 5. The highest BCUT2D eigenvalue weighted by atomic mass is 19.1. The second-order valence-electron chi connectivity index (χ2n) is 4.68. The predicted octanol–water partition coefficient (Wildman–Crippen LogP) is -0.00770. The lowest BCUT2D eigenvalue weighted by atomic mass is 10.2. The molecule has 0 aliphatic carbocycles. The van der Waals surface area contributed by atoms with Crippen molar-refractivity contribution in [3.8, 4) is 0 Å². The van der Waals surface area contributed by atoms with Crippen molar-refractivity contribution < 1.29 is 19.1 Å². The molecule has 1 atom stereocenters. The van der Waals surface area contributed by atoms with E-state index in [1.165, 1.54) is 23.7 Å². The average molecular weight is 307 g/mol. The Balaban J connectivity index is 2.01. The summed E-state index contributed by atoms with van der Waals surface area (Å²) >= 11 is 0. The molecule has 0 spiro atoms. The van der Waals surface area contributed by atoms with E-state index in [2.05, 4.69) is 20.8 Å². The maximum atomic E-state index is 12.9. The fraction of sp³-hybridized carbons (Fsp3) is 0.308. The van der Waals surface area contributed by atoms with Gasteiger partial charge in [0.15, 0.2) is 5.82 Å². The van der Waals surface area contributed by atoms with Crippen LogP contribution < -0.4 is 5.32 Å². The number of rotatable bonds is 6. The van der Waals surface area contributed by atoms with E-state index >= 15 is 0 Å². The Bertz CT molecular complexity index is 671. The molecule has 1 amide bonds. The summed E-state index contributed by atoms with van der Waals surface area (Å²) in [4.78, 5) is 22.4. The maximum absolute atomic E-state index is 12.9. The van der Waals surface area contributed by atoms with Gasteiger partial charge in [0.1, 0.15) is 11.9 Å². The zero-order valence-electron chi connectivity index (χ0n) is 11.7. The number of nitrogens with zero attached hydrogens (tertiary/aromatic N) is 4. The van der Waals surface area contributed by atoms with Crippen LogP contribution in [0.1, 0.15) is 18.3 Å². The number of carbonyl (C=O) groups is 2. The van der Waals surface area contributed by atoms with Gasteiger partial charge >= 0.3 is 5.97 Å². The van der Waals surface area contributed by atoms with E-state index in [9.17, 15) is 14.0 Å². The molecule has 1 unspecified atom stereocenters. The van der Waals surface area contributed by atoms with E-state index in [0.29, 0.717) is 5.82 Å². The van der Waals surface area contributed by atoms with E-state index in [4.69, 9.17) is 5.11 Å². The summed E-state index contributed by atoms with van der Waals surface area (Å²) in [6.07, 6.45) is -0.147. The van der Waals surface area contributed by atoms with Crippen LogP contribution in [-0.2, 0) is 22.6 Å². The second kappa shape index (κ2) is 6.74. The van der Waals surface area contributed by atoms with Crippen LogP contribution in [0.3, 0.4) is 0 Å². The first-order chi connectivity index (χ1) is 10.5. The van der Waals surface area contributed by atoms with Gasteiger partial charge in [-0.2, -0.15) is 0 Å². The molecule has 1 aromatic carbocycles. The molecule has 0 aliphatic heterocycles. The Morgan fingerprint density at radius 1 is 1.36 bits per heavy atom. The molecular weight excluding hydrogens is 293 g/mol. The van der Waals surface area contributed by atoms with Gasteiger partial charge in [0.25, 0.3) is 0 Å². The van der Waals surface area contributed by atoms with Crippen molar-refractivity contribution in [2.45, 2.75) is 25.9 Å². The van der Waals surface area contributed by atoms with Crippen LogP contribution in [0, 0.1) is 5.82 Å². The van der Waals surface area contributed by atoms with E-state index < -0.39 is 17.9 Å². The van der Waals surface area contributed by atoms with E-state index in [1.54, 1.807) is 12.1 Å². The molecule has 9 heteroatoms. The van der Waals surface area contributed by atoms with Crippen LogP contribution in [0.25, 0.3) is 0 Å². The van der Waals surface area contributed by atoms with Gasteiger partial charge in [0, 0.05) is 0 Å². The third-order valence-corrected chi connectivity index (χ3v) is 2.92. The quantitative estimate of drug-likeness (QED) is 0.777. The van der Waals surface area contributed by atoms with Gasteiger partial charge in [-0.25, -0.2) is 9.07 Å². The van der Waals surface area contributed by atoms with Crippen LogP contribution in [-0.4, -0.2) is 43.2 Å². The lowest BCUT2D eigenvalue weighted by molar-refractivity contribution is -0.141. The highest BCUT2D eigenvalue weighted by Crippen LogP contribution is 2.06. The number of hydrogen-bond donors (Lipinski definition) is 2. The Morgan fingerprint density at radius 3 is 2.68 bits per heavy atom. The molecule has 116 valence electrons. The number of halogens is 1. The Morgan fingerprint density at radius 2 is 2.05 bits per heavy atom. The lowest BCUT2D eigenvalue weighted by Crippen LogP contribution is -2.39. The number of benzene rings is 1. The first-order valence-corrected chi connectivity index (χ1v) is 6.47. The average Bonchev–Trinajstić information content (AvgIpc) is 2.88. The van der Waals surface area contributed by atoms with Crippen LogP contribution in [0.15, 0.2) is 24.3 Å². The third-order valence-electron chi connectivity index (χ3n) is 2.92. The predicted molar refractivity (Wildman–Crippen MR) is 72.3 cm³/mol. The normalized spacial score (nSPS) is 11.9. The van der Waals surface area contributed by atoms with Crippen molar-refractivity contribution in [1.29, 1.82) is 0 Å². The molecule has 0 fully saturated rings. The van der Waals surface area contributed by atoms with Crippen LogP contribution >= 0.6 is 0 Å². The fourth-order valence-electron chi connectivity index (χ4n) is 1.73. The molecule has 0 saturated heterocycles. The summed E-state index contributed by atoms with van der Waals surface area (Å²) in [7, 11) is 0. The summed E-state index contributed by atoms with van der Waals surface area (Å²) in [6, 6.07) is 4.83. The summed E-state index contributed by atoms with van der Waals surface area (Å²) in [5.41, 5.74) is 0.772. The molecule has 0 aliphatic rings. The monoisotopic (exact) mass is 307 g/mol. The maximum Gasteiger partial charge on any atom is 0.325 e. The van der Waals surface area contributed by atoms with Crippen LogP contribution in [0.4, 0.5) is 4.39 Å². The summed E-state index contributed by atoms with van der Waals surface area (Å²) in [6.45, 7) is 1.64. The number of carboxylic acids is 1. The van der Waals surface area contributed by atoms with E-state index in [0.717, 1.165) is 5.56 Å². The Hall–Kier alpha value is -2.84. The Labute approximate surface area is 124 Å². The third kappa shape index (κ3) is 4.08. The van der Waals surface area contributed by atoms with E-state index in [1.807, 2.05) is 0 Å². The van der Waals surface area contributed by atoms with Gasteiger partial charge in [-0.05, 0) is 35.0 Å². The van der Waals surface area contributed by atoms with Gasteiger partial charge in [-0.3, -0.25) is 9.59 Å². The van der Waals surface area contributed by atoms with Crippen molar-refractivity contribution in [3.63, 3.8) is 0 Å². The summed E-state index contributed by atoms with van der Waals surface area (Å²) in [5.74, 6) is -1.67. The zero-order valence-corrected chi connectivity index (χ0v) is 11.7. The molecule has 1 heterocycles. The standard InChI is InChI=1S/C13H14FN5O3/c1-8(13(21)22)15-12(20)6-11-16-17-18-19(11)7-9-2-4-10(14)5-3-9/h2-5,8H,6-7H2,1H3,(H,15,20)(H,21,22). The van der Waals surface area contributed by atoms with E-state index in [-0.39, 0.29) is 18.8 Å². The first kappa shape index (κ1) is 15.5. The largest absolute Gasteiger partial charge is 0.480 e. The first-order valence-electron chi connectivity index (χ1n) is 6.47. The molecule has 2 N–H and O–H groups in total. The fourth-order valence-corrected chi connectivity index (χ4v) is 1.73. The molecule has 0 radical (unpaired) electrons. The lowest BCUT2D eigenvalue weighted by Gasteiger charge is -2.09. The van der Waals surface area contributed by atoms with Gasteiger partial charge < -0.3 is 10.4 Å². The molecule has 2 rings (SSSR count). The molecule has 22 heavy (non-hydrogen) atoms. The number of aromatic nitrogens is 4. The molecular formula is C13H14FN5O3. The number of amides is 1. The molecule has 0 saturated carbocycles. The minimum atomic E-state index is -1.13. The molecule has 0 bridgehead atoms. The van der Waals surface area contributed by atoms with Gasteiger partial charge in [0.05, 0.1) is 13.0 Å². The minimum absolute atomic E-state index is 0.147. The molecule has 1 aromatic heterocycles. The number of carboxylic acid groups (broad SMARTS) is 1. The van der Waals surface area contributed by atoms with Gasteiger partial charge in [0.2, 0.25) is 5.91 Å². The smallest absolute Gasteiger partial charge is 0.325 e. The number of nitrogens with one attached hydrogen (secondary N) is 1.